The van der Waals surface area contributed by atoms with Gasteiger partial charge in [-0.1, -0.05) is 20.8 Å². The van der Waals surface area contributed by atoms with Gasteiger partial charge in [0.25, 0.3) is 0 Å². The van der Waals surface area contributed by atoms with Gasteiger partial charge in [-0.2, -0.15) is 0 Å². The second-order valence-electron chi connectivity index (χ2n) is 5.13. The minimum absolute atomic E-state index is 0.0485. The van der Waals surface area contributed by atoms with Gasteiger partial charge in [-0.05, 0) is 19.8 Å². The lowest BCUT2D eigenvalue weighted by molar-refractivity contribution is -0.146. The highest BCUT2D eigenvalue weighted by molar-refractivity contribution is 5.81. The van der Waals surface area contributed by atoms with Crippen LogP contribution in [0.4, 0.5) is 0 Å². The summed E-state index contributed by atoms with van der Waals surface area (Å²) in [5, 5.41) is 5.96. The average molecular weight is 258 g/mol. The standard InChI is InChI=1S/C13H26N2O3/c1-8(2)7-14-12(16)11(5)15-10(4)9(3)13(17)18-6/h8-11,15H,7H2,1-6H3,(H,14,16). The topological polar surface area (TPSA) is 67.4 Å². The van der Waals surface area contributed by atoms with Crippen molar-refractivity contribution >= 4 is 11.9 Å². The van der Waals surface area contributed by atoms with Gasteiger partial charge in [0.05, 0.1) is 19.1 Å². The van der Waals surface area contributed by atoms with Gasteiger partial charge in [0.2, 0.25) is 5.91 Å². The highest BCUT2D eigenvalue weighted by atomic mass is 16.5. The van der Waals surface area contributed by atoms with Crippen molar-refractivity contribution in [1.29, 1.82) is 0 Å². The van der Waals surface area contributed by atoms with E-state index in [1.807, 2.05) is 20.8 Å². The van der Waals surface area contributed by atoms with Gasteiger partial charge < -0.3 is 15.4 Å². The number of hydrogen-bond acceptors (Lipinski definition) is 4. The van der Waals surface area contributed by atoms with Crippen molar-refractivity contribution in [2.24, 2.45) is 11.8 Å². The first-order chi connectivity index (χ1) is 8.29. The first-order valence-electron chi connectivity index (χ1n) is 6.41. The van der Waals surface area contributed by atoms with Crippen molar-refractivity contribution < 1.29 is 14.3 Å². The van der Waals surface area contributed by atoms with Crippen molar-refractivity contribution in [3.63, 3.8) is 0 Å². The summed E-state index contributed by atoms with van der Waals surface area (Å²) in [7, 11) is 1.37. The quantitative estimate of drug-likeness (QED) is 0.667. The Morgan fingerprint density at radius 3 is 2.11 bits per heavy atom. The van der Waals surface area contributed by atoms with Crippen LogP contribution in [0.25, 0.3) is 0 Å². The second kappa shape index (κ2) is 8.08. The summed E-state index contributed by atoms with van der Waals surface area (Å²) in [6.07, 6.45) is 0. The molecule has 0 aliphatic heterocycles. The third kappa shape index (κ3) is 6.00. The lowest BCUT2D eigenvalue weighted by Crippen LogP contribution is -2.49. The first-order valence-corrected chi connectivity index (χ1v) is 6.41. The Hall–Kier alpha value is -1.10. The summed E-state index contributed by atoms with van der Waals surface area (Å²) in [4.78, 5) is 23.1. The van der Waals surface area contributed by atoms with Crippen LogP contribution in [0.3, 0.4) is 0 Å². The van der Waals surface area contributed by atoms with Crippen molar-refractivity contribution in [3.05, 3.63) is 0 Å². The van der Waals surface area contributed by atoms with Crippen molar-refractivity contribution in [2.45, 2.75) is 46.7 Å². The fourth-order valence-corrected chi connectivity index (χ4v) is 1.46. The first kappa shape index (κ1) is 16.9. The second-order valence-corrected chi connectivity index (χ2v) is 5.13. The molecule has 18 heavy (non-hydrogen) atoms. The van der Waals surface area contributed by atoms with Crippen LogP contribution in [-0.4, -0.2) is 37.6 Å². The van der Waals surface area contributed by atoms with Crippen LogP contribution in [0.1, 0.15) is 34.6 Å². The van der Waals surface area contributed by atoms with E-state index < -0.39 is 0 Å². The molecular weight excluding hydrogens is 232 g/mol. The van der Waals surface area contributed by atoms with Crippen LogP contribution in [0.5, 0.6) is 0 Å². The molecule has 0 aromatic rings. The number of carbonyl (C=O) groups is 2. The maximum absolute atomic E-state index is 11.8. The minimum Gasteiger partial charge on any atom is -0.469 e. The largest absolute Gasteiger partial charge is 0.469 e. The molecule has 0 aliphatic rings. The monoisotopic (exact) mass is 258 g/mol. The van der Waals surface area contributed by atoms with Crippen LogP contribution in [0, 0.1) is 11.8 Å². The fourth-order valence-electron chi connectivity index (χ4n) is 1.46. The molecule has 5 nitrogen and oxygen atoms in total. The van der Waals surface area contributed by atoms with E-state index >= 15 is 0 Å². The van der Waals surface area contributed by atoms with Gasteiger partial charge in [-0.15, -0.1) is 0 Å². The molecule has 2 N–H and O–H groups in total. The van der Waals surface area contributed by atoms with E-state index in [1.54, 1.807) is 13.8 Å². The third-order valence-electron chi connectivity index (χ3n) is 2.91. The molecule has 106 valence electrons. The lowest BCUT2D eigenvalue weighted by atomic mass is 10.0. The van der Waals surface area contributed by atoms with Gasteiger partial charge >= 0.3 is 5.97 Å². The highest BCUT2D eigenvalue weighted by Crippen LogP contribution is 2.05. The zero-order valence-electron chi connectivity index (χ0n) is 12.2. The molecule has 0 saturated heterocycles. The maximum atomic E-state index is 11.8. The predicted molar refractivity (Wildman–Crippen MR) is 71.1 cm³/mol. The van der Waals surface area contributed by atoms with Crippen LogP contribution in [0.2, 0.25) is 0 Å². The molecule has 0 spiro atoms. The molecule has 0 heterocycles. The number of amides is 1. The molecule has 0 rings (SSSR count). The molecule has 0 radical (unpaired) electrons. The van der Waals surface area contributed by atoms with Crippen LogP contribution in [0.15, 0.2) is 0 Å². The molecule has 5 heteroatoms. The van der Waals surface area contributed by atoms with E-state index in [9.17, 15) is 9.59 Å². The maximum Gasteiger partial charge on any atom is 0.309 e. The van der Waals surface area contributed by atoms with Gasteiger partial charge in [-0.3, -0.25) is 9.59 Å². The normalized spacial score (nSPS) is 15.9. The van der Waals surface area contributed by atoms with E-state index in [4.69, 9.17) is 0 Å². The Morgan fingerprint density at radius 1 is 1.11 bits per heavy atom. The van der Waals surface area contributed by atoms with E-state index in [2.05, 4.69) is 15.4 Å². The predicted octanol–water partition coefficient (Wildman–Crippen LogP) is 0.934. The highest BCUT2D eigenvalue weighted by Gasteiger charge is 2.24. The van der Waals surface area contributed by atoms with E-state index in [0.717, 1.165) is 0 Å². The average Bonchev–Trinajstić information content (AvgIpc) is 2.33. The summed E-state index contributed by atoms with van der Waals surface area (Å²) in [5.41, 5.74) is 0. The smallest absolute Gasteiger partial charge is 0.309 e. The van der Waals surface area contributed by atoms with Crippen LogP contribution in [-0.2, 0) is 14.3 Å². The van der Waals surface area contributed by atoms with E-state index in [1.165, 1.54) is 7.11 Å². The molecule has 0 aromatic carbocycles. The molecule has 0 bridgehead atoms. The minimum atomic E-state index is -0.328. The van der Waals surface area contributed by atoms with Gasteiger partial charge in [0.15, 0.2) is 0 Å². The molecule has 0 aromatic heterocycles. The fraction of sp³-hybridized carbons (Fsp3) is 0.846. The number of methoxy groups -OCH3 is 1. The molecular formula is C13H26N2O3. The van der Waals surface area contributed by atoms with Gasteiger partial charge in [-0.25, -0.2) is 0 Å². The SMILES string of the molecule is COC(=O)C(C)C(C)NC(C)C(=O)NCC(C)C. The number of carbonyl (C=O) groups excluding carboxylic acids is 2. The van der Waals surface area contributed by atoms with E-state index in [-0.39, 0.29) is 29.9 Å². The van der Waals surface area contributed by atoms with Crippen molar-refractivity contribution in [2.75, 3.05) is 13.7 Å². The molecule has 0 saturated carbocycles. The Morgan fingerprint density at radius 2 is 1.67 bits per heavy atom. The number of ether oxygens (including phenoxy) is 1. The van der Waals surface area contributed by atoms with Crippen molar-refractivity contribution in [3.8, 4) is 0 Å². The summed E-state index contributed by atoms with van der Waals surface area (Å²) < 4.78 is 4.67. The molecule has 0 fully saturated rings. The zero-order chi connectivity index (χ0) is 14.3. The molecule has 3 atom stereocenters. The summed E-state index contributed by atoms with van der Waals surface area (Å²) in [6, 6.07) is -0.442. The van der Waals surface area contributed by atoms with Crippen LogP contribution >= 0.6 is 0 Å². The number of nitrogens with one attached hydrogen (secondary N) is 2. The number of esters is 1. The molecule has 0 aliphatic carbocycles. The third-order valence-corrected chi connectivity index (χ3v) is 2.91. The Balaban J connectivity index is 4.17. The summed E-state index contributed by atoms with van der Waals surface area (Å²) >= 11 is 0. The summed E-state index contributed by atoms with van der Waals surface area (Å²) in [6.45, 7) is 10.2. The number of rotatable bonds is 7. The molecule has 1 amide bonds. The zero-order valence-corrected chi connectivity index (χ0v) is 12.2. The Kier molecular flexibility index (Phi) is 7.59. The van der Waals surface area contributed by atoms with Gasteiger partial charge in [0.1, 0.15) is 0 Å². The Bertz CT molecular complexity index is 279. The Labute approximate surface area is 110 Å². The van der Waals surface area contributed by atoms with Crippen LogP contribution < -0.4 is 10.6 Å². The lowest BCUT2D eigenvalue weighted by Gasteiger charge is -2.23. The van der Waals surface area contributed by atoms with Crippen molar-refractivity contribution in [1.82, 2.24) is 10.6 Å². The van der Waals surface area contributed by atoms with Gasteiger partial charge in [0, 0.05) is 12.6 Å². The summed E-state index contributed by atoms with van der Waals surface area (Å²) in [5.74, 6) is -0.180. The number of hydrogen-bond donors (Lipinski definition) is 2. The van der Waals surface area contributed by atoms with E-state index in [0.29, 0.717) is 12.5 Å². The molecule has 3 unspecified atom stereocenters.